The molecule has 1 aliphatic rings. The molecule has 1 atom stereocenters. The summed E-state index contributed by atoms with van der Waals surface area (Å²) in [6.07, 6.45) is 1.10. The molecule has 0 aromatic heterocycles. The number of hydrogen-bond acceptors (Lipinski definition) is 3. The van der Waals surface area contributed by atoms with Gasteiger partial charge in [0, 0.05) is 12.1 Å². The zero-order chi connectivity index (χ0) is 16.0. The third kappa shape index (κ3) is 3.44. The number of nitrogens with two attached hydrogens (primary N) is 1. The monoisotopic (exact) mass is 310 g/mol. The molecule has 0 radical (unpaired) electrons. The molecule has 0 bridgehead atoms. The van der Waals surface area contributed by atoms with Crippen molar-refractivity contribution in [3.05, 3.63) is 28.8 Å². The summed E-state index contributed by atoms with van der Waals surface area (Å²) < 4.78 is 23.0. The van der Waals surface area contributed by atoms with E-state index in [1.165, 1.54) is 12.1 Å². The van der Waals surface area contributed by atoms with Crippen LogP contribution in [0.4, 0.5) is 0 Å². The van der Waals surface area contributed by atoms with Crippen molar-refractivity contribution in [2.24, 2.45) is 16.5 Å². The van der Waals surface area contributed by atoms with Gasteiger partial charge in [-0.05, 0) is 54.9 Å². The third-order valence-electron chi connectivity index (χ3n) is 4.44. The van der Waals surface area contributed by atoms with Crippen LogP contribution in [-0.2, 0) is 10.0 Å². The van der Waals surface area contributed by atoms with E-state index in [9.17, 15) is 13.2 Å². The minimum absolute atomic E-state index is 0.0255. The molecule has 1 aromatic carbocycles. The van der Waals surface area contributed by atoms with Crippen LogP contribution in [0.15, 0.2) is 17.0 Å². The number of primary sulfonamides is 1. The molecule has 21 heavy (non-hydrogen) atoms. The Balaban J connectivity index is 2.22. The quantitative estimate of drug-likeness (QED) is 0.887. The number of nitrogens with one attached hydrogen (secondary N) is 1. The van der Waals surface area contributed by atoms with Crippen LogP contribution >= 0.6 is 0 Å². The summed E-state index contributed by atoms with van der Waals surface area (Å²) in [5, 5.41) is 8.04. The number of carbonyl (C=O) groups is 1. The average Bonchev–Trinajstić information content (AvgIpc) is 2.96. The largest absolute Gasteiger partial charge is 0.352 e. The van der Waals surface area contributed by atoms with Gasteiger partial charge in [-0.2, -0.15) is 0 Å². The van der Waals surface area contributed by atoms with Crippen LogP contribution in [0.2, 0.25) is 0 Å². The molecule has 1 aliphatic carbocycles. The van der Waals surface area contributed by atoms with E-state index in [1.54, 1.807) is 13.8 Å². The predicted octanol–water partition coefficient (Wildman–Crippen LogP) is 1.73. The first kappa shape index (κ1) is 16.0. The van der Waals surface area contributed by atoms with Crippen LogP contribution in [0, 0.1) is 25.2 Å². The molecule has 0 spiro atoms. The maximum atomic E-state index is 12.3. The van der Waals surface area contributed by atoms with Crippen molar-refractivity contribution in [2.75, 3.05) is 6.54 Å². The van der Waals surface area contributed by atoms with Gasteiger partial charge in [0.25, 0.3) is 5.91 Å². The lowest BCUT2D eigenvalue weighted by atomic mass is 10.0. The Morgan fingerprint density at radius 2 is 1.95 bits per heavy atom. The zero-order valence-corrected chi connectivity index (χ0v) is 13.7. The first-order valence-corrected chi connectivity index (χ1v) is 8.49. The lowest BCUT2D eigenvalue weighted by molar-refractivity contribution is 0.0949. The molecular formula is C15H22N2O3S. The Kier molecular flexibility index (Phi) is 3.88. The van der Waals surface area contributed by atoms with Gasteiger partial charge in [0.05, 0.1) is 4.90 Å². The summed E-state index contributed by atoms with van der Waals surface area (Å²) in [7, 11) is -3.82. The fourth-order valence-corrected chi connectivity index (χ4v) is 3.09. The van der Waals surface area contributed by atoms with Crippen LogP contribution < -0.4 is 10.5 Å². The van der Waals surface area contributed by atoms with Gasteiger partial charge in [0.2, 0.25) is 10.0 Å². The second-order valence-corrected chi connectivity index (χ2v) is 8.12. The predicted molar refractivity (Wildman–Crippen MR) is 81.5 cm³/mol. The number of hydrogen-bond donors (Lipinski definition) is 2. The Labute approximate surface area is 126 Å². The van der Waals surface area contributed by atoms with Crippen LogP contribution in [0.1, 0.15) is 41.8 Å². The van der Waals surface area contributed by atoms with Gasteiger partial charge in [0.1, 0.15) is 0 Å². The molecule has 1 unspecified atom stereocenters. The normalized spacial score (nSPS) is 20.1. The fourth-order valence-electron chi connectivity index (χ4n) is 2.46. The topological polar surface area (TPSA) is 89.3 Å². The van der Waals surface area contributed by atoms with Gasteiger partial charge in [0.15, 0.2) is 0 Å². The van der Waals surface area contributed by atoms with Gasteiger partial charge in [-0.1, -0.05) is 13.8 Å². The van der Waals surface area contributed by atoms with Crippen molar-refractivity contribution in [2.45, 2.75) is 39.0 Å². The van der Waals surface area contributed by atoms with Crippen molar-refractivity contribution < 1.29 is 13.2 Å². The lowest BCUT2D eigenvalue weighted by Crippen LogP contribution is -2.28. The highest BCUT2D eigenvalue weighted by Crippen LogP contribution is 2.50. The molecule has 0 aliphatic heterocycles. The van der Waals surface area contributed by atoms with Gasteiger partial charge < -0.3 is 5.32 Å². The molecule has 1 fully saturated rings. The molecule has 0 saturated heterocycles. The lowest BCUT2D eigenvalue weighted by Gasteiger charge is -2.12. The average molecular weight is 310 g/mol. The highest BCUT2D eigenvalue weighted by atomic mass is 32.2. The minimum atomic E-state index is -3.82. The maximum absolute atomic E-state index is 12.3. The van der Waals surface area contributed by atoms with E-state index < -0.39 is 10.0 Å². The van der Waals surface area contributed by atoms with E-state index in [0.717, 1.165) is 17.5 Å². The van der Waals surface area contributed by atoms with Crippen molar-refractivity contribution in [3.8, 4) is 0 Å². The van der Waals surface area contributed by atoms with E-state index in [2.05, 4.69) is 19.2 Å². The zero-order valence-electron chi connectivity index (χ0n) is 12.9. The van der Waals surface area contributed by atoms with Crippen molar-refractivity contribution in [3.63, 3.8) is 0 Å². The Morgan fingerprint density at radius 1 is 1.38 bits per heavy atom. The van der Waals surface area contributed by atoms with Crippen LogP contribution in [0.3, 0.4) is 0 Å². The first-order chi connectivity index (χ1) is 9.52. The molecule has 1 saturated carbocycles. The van der Waals surface area contributed by atoms with E-state index >= 15 is 0 Å². The van der Waals surface area contributed by atoms with E-state index in [4.69, 9.17) is 5.14 Å². The number of carbonyl (C=O) groups excluding carboxylic acids is 1. The summed E-state index contributed by atoms with van der Waals surface area (Å²) in [5.74, 6) is 0.244. The summed E-state index contributed by atoms with van der Waals surface area (Å²) in [5.41, 5.74) is 2.17. The number of sulfonamides is 1. The minimum Gasteiger partial charge on any atom is -0.352 e. The molecule has 1 aromatic rings. The Hall–Kier alpha value is -1.40. The Bertz CT molecular complexity index is 693. The molecular weight excluding hydrogens is 288 g/mol. The highest BCUT2D eigenvalue weighted by molar-refractivity contribution is 7.89. The molecule has 1 amide bonds. The van der Waals surface area contributed by atoms with Gasteiger partial charge in [-0.15, -0.1) is 0 Å². The summed E-state index contributed by atoms with van der Waals surface area (Å²) >= 11 is 0. The van der Waals surface area contributed by atoms with Crippen LogP contribution in [0.5, 0.6) is 0 Å². The molecule has 2 rings (SSSR count). The summed E-state index contributed by atoms with van der Waals surface area (Å²) in [6.45, 7) is 8.52. The summed E-state index contributed by atoms with van der Waals surface area (Å²) in [4.78, 5) is 12.3. The SMILES string of the molecule is Cc1cc(S(N)(=O)=O)cc(C(=O)NCC2CC2(C)C)c1C. The number of aryl methyl sites for hydroxylation is 1. The molecule has 116 valence electrons. The molecule has 3 N–H and O–H groups in total. The summed E-state index contributed by atoms with van der Waals surface area (Å²) in [6, 6.07) is 2.84. The Morgan fingerprint density at radius 3 is 2.43 bits per heavy atom. The second-order valence-electron chi connectivity index (χ2n) is 6.56. The second kappa shape index (κ2) is 5.10. The smallest absolute Gasteiger partial charge is 0.251 e. The molecule has 0 heterocycles. The molecule has 6 heteroatoms. The van der Waals surface area contributed by atoms with Crippen molar-refractivity contribution in [1.29, 1.82) is 0 Å². The molecule has 5 nitrogen and oxygen atoms in total. The number of rotatable bonds is 4. The standard InChI is InChI=1S/C15H22N2O3S/c1-9-5-12(21(16,19)20)6-13(10(9)2)14(18)17-8-11-7-15(11,3)4/h5-6,11H,7-8H2,1-4H3,(H,17,18)(H2,16,19,20). The number of amides is 1. The van der Waals surface area contributed by atoms with Gasteiger partial charge in [-0.25, -0.2) is 13.6 Å². The number of benzene rings is 1. The van der Waals surface area contributed by atoms with Crippen LogP contribution in [-0.4, -0.2) is 20.9 Å². The van der Waals surface area contributed by atoms with Crippen molar-refractivity contribution >= 4 is 15.9 Å². The van der Waals surface area contributed by atoms with Gasteiger partial charge in [-0.3, -0.25) is 4.79 Å². The highest BCUT2D eigenvalue weighted by Gasteiger charge is 2.45. The van der Waals surface area contributed by atoms with E-state index in [-0.39, 0.29) is 10.8 Å². The van der Waals surface area contributed by atoms with Crippen molar-refractivity contribution in [1.82, 2.24) is 5.32 Å². The van der Waals surface area contributed by atoms with Gasteiger partial charge >= 0.3 is 0 Å². The van der Waals surface area contributed by atoms with E-state index in [0.29, 0.717) is 23.4 Å². The van der Waals surface area contributed by atoms with Crippen LogP contribution in [0.25, 0.3) is 0 Å². The first-order valence-electron chi connectivity index (χ1n) is 6.94. The third-order valence-corrected chi connectivity index (χ3v) is 5.33. The fraction of sp³-hybridized carbons (Fsp3) is 0.533. The maximum Gasteiger partial charge on any atom is 0.251 e. The van der Waals surface area contributed by atoms with E-state index in [1.807, 2.05) is 0 Å².